The van der Waals surface area contributed by atoms with E-state index in [1.165, 1.54) is 51.6 Å². The van der Waals surface area contributed by atoms with Gasteiger partial charge in [-0.25, -0.2) is 4.98 Å². The molecule has 0 radical (unpaired) electrons. The fraction of sp³-hybridized carbons (Fsp3) is 0.586. The summed E-state index contributed by atoms with van der Waals surface area (Å²) in [5.74, 6) is 1.59. The van der Waals surface area contributed by atoms with Crippen molar-refractivity contribution in [2.45, 2.75) is 57.0 Å². The molecule has 3 heterocycles. The van der Waals surface area contributed by atoms with Crippen LogP contribution in [-0.4, -0.2) is 72.5 Å². The normalized spacial score (nSPS) is 24.2. The van der Waals surface area contributed by atoms with E-state index in [9.17, 15) is 4.79 Å². The number of pyridine rings is 1. The van der Waals surface area contributed by atoms with Gasteiger partial charge in [0.15, 0.2) is 0 Å². The molecule has 0 bridgehead atoms. The molecule has 2 aliphatic carbocycles. The first-order valence-corrected chi connectivity index (χ1v) is 13.8. The molecule has 6 heteroatoms. The van der Waals surface area contributed by atoms with Crippen molar-refractivity contribution in [1.29, 1.82) is 0 Å². The summed E-state index contributed by atoms with van der Waals surface area (Å²) in [6, 6.07) is 16.3. The minimum Gasteiger partial charge on any atom is -0.355 e. The van der Waals surface area contributed by atoms with Crippen molar-refractivity contribution in [2.75, 3.05) is 50.7 Å². The van der Waals surface area contributed by atoms with Crippen LogP contribution in [-0.2, 0) is 6.42 Å². The highest BCUT2D eigenvalue weighted by Crippen LogP contribution is 2.37. The maximum Gasteiger partial charge on any atom is 0.269 e. The number of amides is 1. The minimum atomic E-state index is -0.0353. The maximum absolute atomic E-state index is 12.5. The van der Waals surface area contributed by atoms with E-state index in [-0.39, 0.29) is 5.91 Å². The van der Waals surface area contributed by atoms with Gasteiger partial charge in [-0.15, -0.1) is 0 Å². The zero-order valence-corrected chi connectivity index (χ0v) is 20.9. The highest BCUT2D eigenvalue weighted by Gasteiger charge is 2.33. The van der Waals surface area contributed by atoms with Crippen LogP contribution in [0.1, 0.15) is 66.2 Å². The summed E-state index contributed by atoms with van der Waals surface area (Å²) in [4.78, 5) is 25.1. The third-order valence-electron chi connectivity index (χ3n) is 8.63. The first-order chi connectivity index (χ1) is 17.2. The lowest BCUT2D eigenvalue weighted by Gasteiger charge is -2.40. The van der Waals surface area contributed by atoms with E-state index in [1.54, 1.807) is 11.1 Å². The molecule has 3 fully saturated rings. The summed E-state index contributed by atoms with van der Waals surface area (Å²) in [5.41, 5.74) is 3.68. The highest BCUT2D eigenvalue weighted by atomic mass is 16.1. The van der Waals surface area contributed by atoms with Crippen molar-refractivity contribution in [3.63, 3.8) is 0 Å². The molecule has 6 rings (SSSR count). The molecule has 1 atom stereocenters. The van der Waals surface area contributed by atoms with Gasteiger partial charge in [0, 0.05) is 57.9 Å². The van der Waals surface area contributed by atoms with Crippen LogP contribution in [0.5, 0.6) is 0 Å². The molecule has 6 nitrogen and oxygen atoms in total. The van der Waals surface area contributed by atoms with Crippen molar-refractivity contribution in [3.8, 4) is 0 Å². The van der Waals surface area contributed by atoms with Crippen molar-refractivity contribution in [2.24, 2.45) is 5.92 Å². The zero-order chi connectivity index (χ0) is 23.6. The summed E-state index contributed by atoms with van der Waals surface area (Å²) < 4.78 is 0. The van der Waals surface area contributed by atoms with E-state index in [0.717, 1.165) is 45.0 Å². The second-order valence-electron chi connectivity index (χ2n) is 10.9. The molecule has 2 saturated heterocycles. The van der Waals surface area contributed by atoms with Crippen molar-refractivity contribution >= 4 is 11.7 Å². The molecule has 0 unspecified atom stereocenters. The smallest absolute Gasteiger partial charge is 0.269 e. The molecule has 1 aromatic carbocycles. The number of piperidine rings is 1. The van der Waals surface area contributed by atoms with Gasteiger partial charge in [-0.3, -0.25) is 14.6 Å². The number of likely N-dealkylation sites (tertiary alicyclic amines) is 1. The molecule has 2 aromatic rings. The fourth-order valence-corrected chi connectivity index (χ4v) is 6.38. The van der Waals surface area contributed by atoms with Crippen LogP contribution in [0.15, 0.2) is 42.5 Å². The third-order valence-corrected chi connectivity index (χ3v) is 8.63. The Bertz CT molecular complexity index is 1030. The predicted molar refractivity (Wildman–Crippen MR) is 140 cm³/mol. The van der Waals surface area contributed by atoms with Crippen LogP contribution in [0, 0.1) is 5.92 Å². The number of rotatable bonds is 6. The molecule has 1 N–H and O–H groups in total. The van der Waals surface area contributed by atoms with E-state index in [4.69, 9.17) is 4.98 Å². The number of anilines is 1. The van der Waals surface area contributed by atoms with E-state index < -0.39 is 0 Å². The van der Waals surface area contributed by atoms with Crippen LogP contribution >= 0.6 is 0 Å². The average Bonchev–Trinajstić information content (AvgIpc) is 3.69. The molecule has 1 saturated carbocycles. The molecule has 0 spiro atoms. The Balaban J connectivity index is 1.02. The zero-order valence-electron chi connectivity index (χ0n) is 20.9. The average molecular weight is 474 g/mol. The topological polar surface area (TPSA) is 51.7 Å². The quantitative estimate of drug-likeness (QED) is 0.690. The van der Waals surface area contributed by atoms with E-state index in [2.05, 4.69) is 50.3 Å². The Hall–Kier alpha value is -2.44. The van der Waals surface area contributed by atoms with Crippen molar-refractivity contribution < 1.29 is 4.79 Å². The lowest BCUT2D eigenvalue weighted by Crippen LogP contribution is -2.46. The molecular weight excluding hydrogens is 434 g/mol. The maximum atomic E-state index is 12.5. The predicted octanol–water partition coefficient (Wildman–Crippen LogP) is 3.89. The number of hydrogen-bond donors (Lipinski definition) is 1. The molecule has 35 heavy (non-hydrogen) atoms. The Kier molecular flexibility index (Phi) is 6.75. The Morgan fingerprint density at radius 1 is 0.857 bits per heavy atom. The van der Waals surface area contributed by atoms with Crippen LogP contribution < -0.4 is 10.2 Å². The highest BCUT2D eigenvalue weighted by molar-refractivity contribution is 5.92. The largest absolute Gasteiger partial charge is 0.355 e. The number of benzene rings is 1. The second kappa shape index (κ2) is 10.3. The number of nitrogens with zero attached hydrogens (tertiary/aromatic N) is 4. The molecular formula is C29H39N5O. The monoisotopic (exact) mass is 473 g/mol. The summed E-state index contributed by atoms with van der Waals surface area (Å²) in [6.45, 7) is 7.44. The summed E-state index contributed by atoms with van der Waals surface area (Å²) >= 11 is 0. The van der Waals surface area contributed by atoms with Crippen LogP contribution in [0.2, 0.25) is 0 Å². The van der Waals surface area contributed by atoms with E-state index in [1.807, 2.05) is 12.1 Å². The van der Waals surface area contributed by atoms with Gasteiger partial charge in [0.05, 0.1) is 0 Å². The first-order valence-electron chi connectivity index (χ1n) is 13.8. The van der Waals surface area contributed by atoms with Crippen LogP contribution in [0.3, 0.4) is 0 Å². The second-order valence-corrected chi connectivity index (χ2v) is 10.9. The number of carbonyl (C=O) groups excluding carboxylic acids is 1. The third kappa shape index (κ3) is 5.24. The van der Waals surface area contributed by atoms with Gasteiger partial charge in [0.25, 0.3) is 5.91 Å². The first kappa shape index (κ1) is 23.0. The van der Waals surface area contributed by atoms with Crippen LogP contribution in [0.4, 0.5) is 5.82 Å². The SMILES string of the molecule is O=C(NCC1CC1)c1cccc(N2CCCN(C3CCN([C@H]4CCc5ccccc54)CC3)CC2)n1. The van der Waals surface area contributed by atoms with Gasteiger partial charge in [-0.05, 0) is 74.1 Å². The lowest BCUT2D eigenvalue weighted by molar-refractivity contribution is 0.0869. The minimum absolute atomic E-state index is 0.0353. The standard InChI is InChI=1S/C29H39N5O/c35-29(30-21-22-9-10-22)26-7-3-8-28(31-26)34-16-4-15-32(19-20-34)24-13-17-33(18-14-24)27-12-11-23-5-1-2-6-25(23)27/h1-3,5-8,22,24,27H,4,9-21H2,(H,30,35)/t27-/m0/s1. The van der Waals surface area contributed by atoms with Crippen molar-refractivity contribution in [1.82, 2.24) is 20.1 Å². The van der Waals surface area contributed by atoms with Gasteiger partial charge in [-0.2, -0.15) is 0 Å². The lowest BCUT2D eigenvalue weighted by atomic mass is 9.99. The number of fused-ring (bicyclic) bond motifs is 1. The van der Waals surface area contributed by atoms with Gasteiger partial charge in [0.1, 0.15) is 11.5 Å². The molecule has 1 amide bonds. The summed E-state index contributed by atoms with van der Waals surface area (Å²) in [6.07, 6.45) is 8.70. The van der Waals surface area contributed by atoms with Crippen molar-refractivity contribution in [3.05, 3.63) is 59.3 Å². The van der Waals surface area contributed by atoms with Crippen LogP contribution in [0.25, 0.3) is 0 Å². The Morgan fingerprint density at radius 2 is 1.71 bits per heavy atom. The number of aromatic nitrogens is 1. The molecule has 1 aromatic heterocycles. The van der Waals surface area contributed by atoms with E-state index in [0.29, 0.717) is 23.7 Å². The fourth-order valence-electron chi connectivity index (χ4n) is 6.38. The number of nitrogens with one attached hydrogen (secondary N) is 1. The Morgan fingerprint density at radius 3 is 2.57 bits per heavy atom. The summed E-state index contributed by atoms with van der Waals surface area (Å²) in [5, 5.41) is 3.05. The molecule has 4 aliphatic rings. The van der Waals surface area contributed by atoms with E-state index >= 15 is 0 Å². The number of aryl methyl sites for hydroxylation is 1. The Labute approximate surface area is 209 Å². The number of carbonyl (C=O) groups is 1. The molecule has 186 valence electrons. The van der Waals surface area contributed by atoms with Gasteiger partial charge < -0.3 is 10.2 Å². The van der Waals surface area contributed by atoms with Gasteiger partial charge in [-0.1, -0.05) is 30.3 Å². The number of hydrogen-bond acceptors (Lipinski definition) is 5. The van der Waals surface area contributed by atoms with Gasteiger partial charge >= 0.3 is 0 Å². The van der Waals surface area contributed by atoms with Gasteiger partial charge in [0.2, 0.25) is 0 Å². The summed E-state index contributed by atoms with van der Waals surface area (Å²) in [7, 11) is 0. The molecule has 2 aliphatic heterocycles.